The summed E-state index contributed by atoms with van der Waals surface area (Å²) in [6, 6.07) is 0. The van der Waals surface area contributed by atoms with E-state index in [2.05, 4.69) is 10.2 Å². The highest BCUT2D eigenvalue weighted by Crippen LogP contribution is 1.72. The number of hydrogen-bond acceptors (Lipinski definition) is 3. The van der Waals surface area contributed by atoms with E-state index in [9.17, 15) is 4.91 Å². The molecule has 0 aromatic carbocycles. The van der Waals surface area contributed by atoms with Gasteiger partial charge in [-0.3, -0.25) is 5.21 Å². The van der Waals surface area contributed by atoms with Crippen LogP contribution in [0.15, 0.2) is 0 Å². The summed E-state index contributed by atoms with van der Waals surface area (Å²) >= 11 is 0. The lowest BCUT2D eigenvalue weighted by molar-refractivity contribution is -0.988. The lowest BCUT2D eigenvalue weighted by atomic mass is 10.7. The molecule has 1 aromatic heterocycles. The van der Waals surface area contributed by atoms with Gasteiger partial charge in [-0.1, -0.05) is 5.10 Å². The molecule has 2 N–H and O–H groups in total. The second-order valence-electron chi connectivity index (χ2n) is 1.93. The highest BCUT2D eigenvalue weighted by molar-refractivity contribution is 4.61. The van der Waals surface area contributed by atoms with Gasteiger partial charge in [-0.05, 0) is 0 Å². The van der Waals surface area contributed by atoms with Crippen molar-refractivity contribution in [3.63, 3.8) is 0 Å². The van der Waals surface area contributed by atoms with Crippen LogP contribution in [0.5, 0.6) is 0 Å². The summed E-state index contributed by atoms with van der Waals surface area (Å²) in [5, 5.41) is 14.7. The predicted octanol–water partition coefficient (Wildman–Crippen LogP) is -1.53. The molecule has 1 heterocycles. The van der Waals surface area contributed by atoms with Crippen molar-refractivity contribution in [3.8, 4) is 0 Å². The minimum absolute atomic E-state index is 0.0885. The van der Waals surface area contributed by atoms with Gasteiger partial charge in [0.1, 0.15) is 6.92 Å². The normalized spacial score (nSPS) is 9.80. The summed E-state index contributed by atoms with van der Waals surface area (Å²) in [5.41, 5.74) is 0. The van der Waals surface area contributed by atoms with Crippen LogP contribution in [0.4, 0.5) is 0 Å². The smallest absolute Gasteiger partial charge is 0.254 e. The standard InChI is InChI=1S/C4H8N4O2/c1-3-5-7(9)4(2)8(10)6-3/h1-2H3,(H2,5,6,9,10)/q+2. The molecule has 54 valence electrons. The Morgan fingerprint density at radius 1 is 1.60 bits per heavy atom. The summed E-state index contributed by atoms with van der Waals surface area (Å²) in [6.07, 6.45) is 0. The number of rotatable bonds is 0. The van der Waals surface area contributed by atoms with Crippen molar-refractivity contribution >= 4 is 0 Å². The molecule has 0 spiro atoms. The summed E-state index contributed by atoms with van der Waals surface area (Å²) in [5.74, 6) is 0.439. The van der Waals surface area contributed by atoms with Crippen molar-refractivity contribution < 1.29 is 14.6 Å². The highest BCUT2D eigenvalue weighted by atomic mass is 16.5. The highest BCUT2D eigenvalue weighted by Gasteiger charge is 2.21. The van der Waals surface area contributed by atoms with Gasteiger partial charge < -0.3 is 0 Å². The van der Waals surface area contributed by atoms with Crippen LogP contribution >= 0.6 is 0 Å². The summed E-state index contributed by atoms with van der Waals surface area (Å²) < 4.78 is 0.433. The Bertz CT molecular complexity index is 305. The fourth-order valence-electron chi connectivity index (χ4n) is 0.546. The molecule has 1 aromatic rings. The van der Waals surface area contributed by atoms with Crippen molar-refractivity contribution in [2.75, 3.05) is 0 Å². The van der Waals surface area contributed by atoms with E-state index in [1.54, 1.807) is 6.92 Å². The van der Waals surface area contributed by atoms with E-state index in [0.29, 0.717) is 15.2 Å². The fraction of sp³-hybridized carbons (Fsp3) is 0.500. The zero-order chi connectivity index (χ0) is 7.72. The monoisotopic (exact) mass is 144 g/mol. The van der Waals surface area contributed by atoms with Gasteiger partial charge in [0, 0.05) is 6.92 Å². The third-order valence-corrected chi connectivity index (χ3v) is 1.09. The molecule has 10 heavy (non-hydrogen) atoms. The summed E-state index contributed by atoms with van der Waals surface area (Å²) in [6.45, 7) is 3.01. The number of aromatic nitrogens is 4. The zero-order valence-corrected chi connectivity index (χ0v) is 5.70. The average molecular weight is 144 g/mol. The predicted molar refractivity (Wildman–Crippen MR) is 28.8 cm³/mol. The molecule has 0 amide bonds. The van der Waals surface area contributed by atoms with E-state index in [4.69, 9.17) is 5.21 Å². The first-order valence-corrected chi connectivity index (χ1v) is 2.73. The minimum Gasteiger partial charge on any atom is -0.254 e. The minimum atomic E-state index is 0.0885. The van der Waals surface area contributed by atoms with Crippen LogP contribution in [0, 0.1) is 18.8 Å². The van der Waals surface area contributed by atoms with Crippen LogP contribution < -0.4 is 9.39 Å². The van der Waals surface area contributed by atoms with Crippen LogP contribution in [-0.4, -0.2) is 15.4 Å². The average Bonchev–Trinajstić information content (AvgIpc) is 1.82. The largest absolute Gasteiger partial charge is 0.566 e. The van der Waals surface area contributed by atoms with Crippen molar-refractivity contribution in [1.82, 2.24) is 10.2 Å². The summed E-state index contributed by atoms with van der Waals surface area (Å²) in [7, 11) is 0. The zero-order valence-electron chi connectivity index (χ0n) is 5.70. The van der Waals surface area contributed by atoms with Crippen molar-refractivity contribution in [1.29, 1.82) is 0 Å². The van der Waals surface area contributed by atoms with E-state index in [-0.39, 0.29) is 5.82 Å². The van der Waals surface area contributed by atoms with Gasteiger partial charge in [-0.15, -0.1) is 0 Å². The second kappa shape index (κ2) is 2.05. The molecule has 0 aliphatic rings. The molecule has 0 fully saturated rings. The Labute approximate surface area is 56.3 Å². The van der Waals surface area contributed by atoms with Crippen LogP contribution in [0.2, 0.25) is 0 Å². The van der Waals surface area contributed by atoms with Crippen molar-refractivity contribution in [2.45, 2.75) is 13.8 Å². The number of H-pyrrole nitrogens is 1. The Hall–Kier alpha value is -1.46. The number of aromatic amines is 1. The van der Waals surface area contributed by atoms with Gasteiger partial charge in [0.2, 0.25) is 15.2 Å². The van der Waals surface area contributed by atoms with Crippen LogP contribution in [0.25, 0.3) is 0 Å². The Kier molecular flexibility index (Phi) is 1.37. The molecule has 6 heteroatoms. The Balaban J connectivity index is 3.46. The van der Waals surface area contributed by atoms with Crippen LogP contribution in [0.1, 0.15) is 11.6 Å². The van der Waals surface area contributed by atoms with Gasteiger partial charge >= 0.3 is 5.82 Å². The topological polar surface area (TPSA) is 75.8 Å². The Morgan fingerprint density at radius 2 is 2.20 bits per heavy atom. The molecule has 0 aliphatic heterocycles. The van der Waals surface area contributed by atoms with E-state index in [0.717, 1.165) is 0 Å². The second-order valence-corrected chi connectivity index (χ2v) is 1.93. The first kappa shape index (κ1) is 6.66. The lowest BCUT2D eigenvalue weighted by Crippen LogP contribution is -2.49. The van der Waals surface area contributed by atoms with Gasteiger partial charge in [0.15, 0.2) is 0 Å². The molecule has 1 rings (SSSR count). The maximum absolute atomic E-state index is 10.7. The number of aryl methyl sites for hydroxylation is 1. The van der Waals surface area contributed by atoms with E-state index >= 15 is 0 Å². The molecule has 0 unspecified atom stereocenters. The van der Waals surface area contributed by atoms with E-state index < -0.39 is 0 Å². The van der Waals surface area contributed by atoms with E-state index in [1.807, 2.05) is 0 Å². The number of nitrogens with zero attached hydrogens (tertiary/aromatic N) is 3. The molecule has 0 atom stereocenters. The number of hydrogen-bond donors (Lipinski definition) is 2. The molecule has 0 bridgehead atoms. The van der Waals surface area contributed by atoms with Crippen LogP contribution in [-0.2, 0) is 0 Å². The fourth-order valence-corrected chi connectivity index (χ4v) is 0.546. The maximum Gasteiger partial charge on any atom is 0.566 e. The lowest BCUT2D eigenvalue weighted by Gasteiger charge is -1.78. The third kappa shape index (κ3) is 0.949. The molecule has 0 saturated carbocycles. The first-order valence-electron chi connectivity index (χ1n) is 2.73. The quantitative estimate of drug-likeness (QED) is 0.342. The van der Waals surface area contributed by atoms with Crippen molar-refractivity contribution in [3.05, 3.63) is 16.6 Å². The maximum atomic E-state index is 10.7. The molecule has 6 nitrogen and oxygen atoms in total. The van der Waals surface area contributed by atoms with Gasteiger partial charge in [-0.25, -0.2) is 0 Å². The molecular formula is C4H8N4O2+2. The first-order chi connectivity index (χ1) is 4.61. The summed E-state index contributed by atoms with van der Waals surface area (Å²) in [4.78, 5) is 11.2. The third-order valence-electron chi connectivity index (χ3n) is 1.09. The molecule has 0 saturated heterocycles. The molecular weight excluding hydrogens is 136 g/mol. The van der Waals surface area contributed by atoms with Gasteiger partial charge in [0.05, 0.1) is 10.0 Å². The van der Waals surface area contributed by atoms with Crippen molar-refractivity contribution in [2.24, 2.45) is 0 Å². The molecule has 0 radical (unpaired) electrons. The number of nitrogens with one attached hydrogen (secondary N) is 1. The van der Waals surface area contributed by atoms with E-state index in [1.165, 1.54) is 6.92 Å². The SMILES string of the molecule is Cc1n[n+](O)c(C)[n+](=O)[nH]1. The van der Waals surface area contributed by atoms with Crippen LogP contribution in [0.3, 0.4) is 0 Å². The van der Waals surface area contributed by atoms with Gasteiger partial charge in [-0.2, -0.15) is 0 Å². The molecule has 0 aliphatic carbocycles. The Morgan fingerprint density at radius 3 is 2.70 bits per heavy atom. The van der Waals surface area contributed by atoms with Gasteiger partial charge in [0.25, 0.3) is 0 Å².